The number of nitrogens with one attached hydrogen (secondary N) is 2. The van der Waals surface area contributed by atoms with Crippen LogP contribution in [0.2, 0.25) is 0 Å². The van der Waals surface area contributed by atoms with Gasteiger partial charge in [0.2, 0.25) is 0 Å². The van der Waals surface area contributed by atoms with Crippen LogP contribution in [0.3, 0.4) is 0 Å². The smallest absolute Gasteiger partial charge is 0.171 e. The highest BCUT2D eigenvalue weighted by Crippen LogP contribution is 2.21. The van der Waals surface area contributed by atoms with E-state index in [-0.39, 0.29) is 17.5 Å². The first kappa shape index (κ1) is 16.0. The van der Waals surface area contributed by atoms with E-state index in [1.807, 2.05) is 42.5 Å². The van der Waals surface area contributed by atoms with Gasteiger partial charge in [-0.05, 0) is 41.9 Å². The zero-order valence-corrected chi connectivity index (χ0v) is 14.2. The van der Waals surface area contributed by atoms with Crippen molar-refractivity contribution >= 4 is 32.9 Å². The molecule has 0 bridgehead atoms. The fourth-order valence-electron chi connectivity index (χ4n) is 2.64. The molecule has 23 heavy (non-hydrogen) atoms. The third kappa shape index (κ3) is 4.30. The summed E-state index contributed by atoms with van der Waals surface area (Å²) in [7, 11) is -2.90. The number of benzene rings is 2. The van der Waals surface area contributed by atoms with E-state index >= 15 is 0 Å². The molecule has 6 heteroatoms. The van der Waals surface area contributed by atoms with E-state index < -0.39 is 9.84 Å². The van der Waals surface area contributed by atoms with Gasteiger partial charge in [0.15, 0.2) is 14.9 Å². The molecule has 2 N–H and O–H groups in total. The Hall–Kier alpha value is -1.92. The van der Waals surface area contributed by atoms with Crippen LogP contribution < -0.4 is 10.6 Å². The molecule has 1 fully saturated rings. The fraction of sp³-hybridized carbons (Fsp3) is 0.235. The highest BCUT2D eigenvalue weighted by Gasteiger charge is 2.28. The predicted molar refractivity (Wildman–Crippen MR) is 98.3 cm³/mol. The van der Waals surface area contributed by atoms with Crippen molar-refractivity contribution in [3.8, 4) is 11.1 Å². The summed E-state index contributed by atoms with van der Waals surface area (Å²) in [5.41, 5.74) is 3.18. The maximum absolute atomic E-state index is 11.4. The SMILES string of the molecule is O=S1(=O)CC[C@H](NC(=S)Nc2ccc(-c3ccccc3)cc2)C1. The van der Waals surface area contributed by atoms with Crippen molar-refractivity contribution in [2.45, 2.75) is 12.5 Å². The maximum atomic E-state index is 11.4. The molecule has 120 valence electrons. The van der Waals surface area contributed by atoms with E-state index in [1.54, 1.807) is 0 Å². The first-order chi connectivity index (χ1) is 11.0. The summed E-state index contributed by atoms with van der Waals surface area (Å²) in [6.45, 7) is 0. The van der Waals surface area contributed by atoms with E-state index in [4.69, 9.17) is 12.2 Å². The second-order valence-electron chi connectivity index (χ2n) is 5.64. The van der Waals surface area contributed by atoms with E-state index in [1.165, 1.54) is 0 Å². The minimum Gasteiger partial charge on any atom is -0.359 e. The molecule has 0 amide bonds. The topological polar surface area (TPSA) is 58.2 Å². The second-order valence-corrected chi connectivity index (χ2v) is 8.28. The molecule has 1 heterocycles. The van der Waals surface area contributed by atoms with Crippen molar-refractivity contribution in [1.29, 1.82) is 0 Å². The molecule has 0 aromatic heterocycles. The van der Waals surface area contributed by atoms with Gasteiger partial charge in [-0.2, -0.15) is 0 Å². The van der Waals surface area contributed by atoms with Crippen LogP contribution in [0.5, 0.6) is 0 Å². The molecule has 0 aliphatic carbocycles. The quantitative estimate of drug-likeness (QED) is 0.837. The van der Waals surface area contributed by atoms with Crippen LogP contribution in [0.4, 0.5) is 5.69 Å². The zero-order valence-electron chi connectivity index (χ0n) is 12.5. The molecule has 0 saturated carbocycles. The van der Waals surface area contributed by atoms with Crippen LogP contribution in [-0.2, 0) is 9.84 Å². The number of rotatable bonds is 3. The van der Waals surface area contributed by atoms with Gasteiger partial charge in [-0.15, -0.1) is 0 Å². The highest BCUT2D eigenvalue weighted by molar-refractivity contribution is 7.91. The van der Waals surface area contributed by atoms with Crippen LogP contribution in [-0.4, -0.2) is 31.1 Å². The number of hydrogen-bond donors (Lipinski definition) is 2. The summed E-state index contributed by atoms with van der Waals surface area (Å²) in [5.74, 6) is 0.390. The summed E-state index contributed by atoms with van der Waals surface area (Å²) < 4.78 is 22.9. The molecule has 2 aromatic rings. The summed E-state index contributed by atoms with van der Waals surface area (Å²) in [6, 6.07) is 18.0. The molecular weight excluding hydrogens is 328 g/mol. The van der Waals surface area contributed by atoms with Crippen molar-refractivity contribution in [3.63, 3.8) is 0 Å². The minimum atomic E-state index is -2.90. The molecule has 1 atom stereocenters. The summed E-state index contributed by atoms with van der Waals surface area (Å²) in [4.78, 5) is 0. The van der Waals surface area contributed by atoms with Crippen molar-refractivity contribution < 1.29 is 8.42 Å². The number of thiocarbonyl (C=S) groups is 1. The Balaban J connectivity index is 1.59. The van der Waals surface area contributed by atoms with Crippen LogP contribution >= 0.6 is 12.2 Å². The number of sulfone groups is 1. The van der Waals surface area contributed by atoms with Crippen LogP contribution in [0, 0.1) is 0 Å². The molecule has 1 saturated heterocycles. The Kier molecular flexibility index (Phi) is 4.63. The normalized spacial score (nSPS) is 19.2. The number of hydrogen-bond acceptors (Lipinski definition) is 3. The Morgan fingerprint density at radius 2 is 1.65 bits per heavy atom. The van der Waals surface area contributed by atoms with Crippen molar-refractivity contribution in [2.75, 3.05) is 16.8 Å². The average Bonchev–Trinajstić information content (AvgIpc) is 2.87. The van der Waals surface area contributed by atoms with E-state index in [0.717, 1.165) is 16.8 Å². The molecule has 1 aliphatic rings. The van der Waals surface area contributed by atoms with Crippen molar-refractivity contribution in [2.24, 2.45) is 0 Å². The fourth-order valence-corrected chi connectivity index (χ4v) is 4.60. The Labute approximate surface area is 141 Å². The van der Waals surface area contributed by atoms with Gasteiger partial charge in [-0.3, -0.25) is 0 Å². The van der Waals surface area contributed by atoms with E-state index in [9.17, 15) is 8.42 Å². The monoisotopic (exact) mass is 346 g/mol. The van der Waals surface area contributed by atoms with Gasteiger partial charge in [0.1, 0.15) is 0 Å². The molecule has 0 unspecified atom stereocenters. The molecule has 1 aliphatic heterocycles. The van der Waals surface area contributed by atoms with E-state index in [2.05, 4.69) is 22.8 Å². The second kappa shape index (κ2) is 6.68. The van der Waals surface area contributed by atoms with E-state index in [0.29, 0.717) is 11.5 Å². The molecule has 4 nitrogen and oxygen atoms in total. The third-order valence-corrected chi connectivity index (χ3v) is 5.81. The van der Waals surface area contributed by atoms with Gasteiger partial charge in [0, 0.05) is 11.7 Å². The lowest BCUT2D eigenvalue weighted by molar-refractivity contribution is 0.600. The molecule has 0 radical (unpaired) electrons. The van der Waals surface area contributed by atoms with Crippen molar-refractivity contribution in [1.82, 2.24) is 5.32 Å². The standard InChI is InChI=1S/C17H18N2O2S2/c20-23(21)11-10-16(12-23)19-17(22)18-15-8-6-14(7-9-15)13-4-2-1-3-5-13/h1-9,16H,10-12H2,(H2,18,19,22)/t16-/m0/s1. The average molecular weight is 346 g/mol. The van der Waals surface area contributed by atoms with Gasteiger partial charge < -0.3 is 10.6 Å². The van der Waals surface area contributed by atoms with Gasteiger partial charge in [0.25, 0.3) is 0 Å². The van der Waals surface area contributed by atoms with Gasteiger partial charge in [-0.1, -0.05) is 42.5 Å². The summed E-state index contributed by atoms with van der Waals surface area (Å²) in [5, 5.41) is 6.63. The summed E-state index contributed by atoms with van der Waals surface area (Å²) in [6.07, 6.45) is 0.608. The number of anilines is 1. The first-order valence-corrected chi connectivity index (χ1v) is 9.68. The molecule has 3 rings (SSSR count). The minimum absolute atomic E-state index is 0.0939. The first-order valence-electron chi connectivity index (χ1n) is 7.45. The zero-order chi connectivity index (χ0) is 16.3. The van der Waals surface area contributed by atoms with Crippen molar-refractivity contribution in [3.05, 3.63) is 54.6 Å². The lowest BCUT2D eigenvalue weighted by atomic mass is 10.1. The Morgan fingerprint density at radius 3 is 2.26 bits per heavy atom. The van der Waals surface area contributed by atoms with Crippen LogP contribution in [0.1, 0.15) is 6.42 Å². The van der Waals surface area contributed by atoms with Crippen LogP contribution in [0.25, 0.3) is 11.1 Å². The van der Waals surface area contributed by atoms with Gasteiger partial charge in [0.05, 0.1) is 11.5 Å². The lowest BCUT2D eigenvalue weighted by Crippen LogP contribution is -2.38. The third-order valence-electron chi connectivity index (χ3n) is 3.82. The van der Waals surface area contributed by atoms with Gasteiger partial charge in [-0.25, -0.2) is 8.42 Å². The Bertz CT molecular complexity index is 787. The predicted octanol–water partition coefficient (Wildman–Crippen LogP) is 2.83. The Morgan fingerprint density at radius 1 is 1.00 bits per heavy atom. The molecule has 0 spiro atoms. The van der Waals surface area contributed by atoms with Crippen LogP contribution in [0.15, 0.2) is 54.6 Å². The summed E-state index contributed by atoms with van der Waals surface area (Å²) >= 11 is 5.26. The molecular formula is C17H18N2O2S2. The van der Waals surface area contributed by atoms with Gasteiger partial charge >= 0.3 is 0 Å². The lowest BCUT2D eigenvalue weighted by Gasteiger charge is -2.15. The largest absolute Gasteiger partial charge is 0.359 e. The maximum Gasteiger partial charge on any atom is 0.171 e. The molecule has 2 aromatic carbocycles. The highest BCUT2D eigenvalue weighted by atomic mass is 32.2.